The van der Waals surface area contributed by atoms with Gasteiger partial charge in [-0.2, -0.15) is 10.1 Å². The summed E-state index contributed by atoms with van der Waals surface area (Å²) >= 11 is 0. The van der Waals surface area contributed by atoms with Gasteiger partial charge in [0.25, 0.3) is 5.91 Å². The number of hydrogen-bond donors (Lipinski definition) is 0. The number of benzene rings is 2. The van der Waals surface area contributed by atoms with Gasteiger partial charge >= 0.3 is 0 Å². The molecule has 1 heterocycles. The molecule has 25 heavy (non-hydrogen) atoms. The molecule has 0 unspecified atom stereocenters. The molecule has 5 heteroatoms. The Morgan fingerprint density at radius 3 is 2.56 bits per heavy atom. The van der Waals surface area contributed by atoms with E-state index in [1.54, 1.807) is 13.2 Å². The second-order valence-electron chi connectivity index (χ2n) is 5.51. The van der Waals surface area contributed by atoms with Crippen molar-refractivity contribution in [1.29, 1.82) is 0 Å². The van der Waals surface area contributed by atoms with Crippen molar-refractivity contribution in [3.8, 4) is 11.5 Å². The lowest BCUT2D eigenvalue weighted by molar-refractivity contribution is -0.114. The minimum Gasteiger partial charge on any atom is -0.492 e. The number of ether oxygens (including phenoxy) is 2. The molecule has 0 atom stereocenters. The molecule has 0 bridgehead atoms. The number of rotatable bonds is 5. The third-order valence-electron chi connectivity index (χ3n) is 3.88. The molecule has 1 aliphatic heterocycles. The molecule has 0 saturated carbocycles. The normalized spacial score (nSPS) is 15.5. The molecular weight excluding hydrogens is 316 g/mol. The van der Waals surface area contributed by atoms with Crippen molar-refractivity contribution >= 4 is 23.4 Å². The van der Waals surface area contributed by atoms with Crippen LogP contribution in [0, 0.1) is 0 Å². The number of para-hydroxylation sites is 2. The lowest BCUT2D eigenvalue weighted by atomic mass is 10.1. The monoisotopic (exact) mass is 336 g/mol. The molecule has 1 aliphatic rings. The summed E-state index contributed by atoms with van der Waals surface area (Å²) in [5.74, 6) is 1.10. The highest BCUT2D eigenvalue weighted by Gasteiger charge is 2.29. The molecule has 0 aromatic heterocycles. The maximum absolute atomic E-state index is 12.8. The van der Waals surface area contributed by atoms with E-state index in [1.165, 1.54) is 5.01 Å². The predicted octanol–water partition coefficient (Wildman–Crippen LogP) is 3.90. The quantitative estimate of drug-likeness (QED) is 0.778. The predicted molar refractivity (Wildman–Crippen MR) is 99.2 cm³/mol. The zero-order valence-corrected chi connectivity index (χ0v) is 14.5. The third-order valence-corrected chi connectivity index (χ3v) is 3.88. The average molecular weight is 336 g/mol. The maximum atomic E-state index is 12.8. The number of methoxy groups -OCH3 is 1. The minimum absolute atomic E-state index is 0.160. The van der Waals surface area contributed by atoms with E-state index in [4.69, 9.17) is 9.47 Å². The van der Waals surface area contributed by atoms with E-state index >= 15 is 0 Å². The van der Waals surface area contributed by atoms with E-state index in [1.807, 2.05) is 62.4 Å². The van der Waals surface area contributed by atoms with Crippen LogP contribution in [0.1, 0.15) is 19.4 Å². The highest BCUT2D eigenvalue weighted by atomic mass is 16.5. The topological polar surface area (TPSA) is 51.1 Å². The first-order valence-electron chi connectivity index (χ1n) is 8.12. The SMILES string of the molecule is CCOc1cccc(C=C2C(=O)N(c3ccccc3)N=C2C)c1OC. The van der Waals surface area contributed by atoms with Crippen LogP contribution in [-0.2, 0) is 4.79 Å². The molecule has 2 aromatic rings. The smallest absolute Gasteiger partial charge is 0.280 e. The van der Waals surface area contributed by atoms with Crippen LogP contribution in [0.5, 0.6) is 11.5 Å². The summed E-state index contributed by atoms with van der Waals surface area (Å²) in [6.07, 6.45) is 1.80. The Morgan fingerprint density at radius 2 is 1.88 bits per heavy atom. The van der Waals surface area contributed by atoms with Gasteiger partial charge < -0.3 is 9.47 Å². The van der Waals surface area contributed by atoms with Crippen LogP contribution in [-0.4, -0.2) is 25.3 Å². The summed E-state index contributed by atoms with van der Waals surface area (Å²) in [5, 5.41) is 5.81. The van der Waals surface area contributed by atoms with Gasteiger partial charge in [0.15, 0.2) is 11.5 Å². The Morgan fingerprint density at radius 1 is 1.12 bits per heavy atom. The first-order valence-corrected chi connectivity index (χ1v) is 8.12. The van der Waals surface area contributed by atoms with Gasteiger partial charge in [0.05, 0.1) is 30.7 Å². The Labute approximate surface area is 147 Å². The number of carbonyl (C=O) groups excluding carboxylic acids is 1. The fraction of sp³-hybridized carbons (Fsp3) is 0.200. The average Bonchev–Trinajstić information content (AvgIpc) is 2.91. The summed E-state index contributed by atoms with van der Waals surface area (Å²) in [5.41, 5.74) is 2.72. The van der Waals surface area contributed by atoms with E-state index in [2.05, 4.69) is 5.10 Å². The van der Waals surface area contributed by atoms with Gasteiger partial charge in [0, 0.05) is 5.56 Å². The van der Waals surface area contributed by atoms with Crippen LogP contribution in [0.15, 0.2) is 59.2 Å². The van der Waals surface area contributed by atoms with Gasteiger partial charge in [-0.15, -0.1) is 0 Å². The van der Waals surface area contributed by atoms with Crippen molar-refractivity contribution in [2.45, 2.75) is 13.8 Å². The van der Waals surface area contributed by atoms with Crippen LogP contribution in [0.3, 0.4) is 0 Å². The highest BCUT2D eigenvalue weighted by molar-refractivity contribution is 6.32. The van der Waals surface area contributed by atoms with Crippen molar-refractivity contribution in [2.75, 3.05) is 18.7 Å². The summed E-state index contributed by atoms with van der Waals surface area (Å²) in [6.45, 7) is 4.28. The summed E-state index contributed by atoms with van der Waals surface area (Å²) < 4.78 is 11.1. The number of amides is 1. The zero-order chi connectivity index (χ0) is 17.8. The summed E-state index contributed by atoms with van der Waals surface area (Å²) in [7, 11) is 1.59. The molecule has 2 aromatic carbocycles. The van der Waals surface area contributed by atoms with Gasteiger partial charge in [-0.25, -0.2) is 0 Å². The molecule has 128 valence electrons. The van der Waals surface area contributed by atoms with Gasteiger partial charge in [-0.05, 0) is 38.1 Å². The maximum Gasteiger partial charge on any atom is 0.280 e. The molecule has 0 fully saturated rings. The zero-order valence-electron chi connectivity index (χ0n) is 14.5. The van der Waals surface area contributed by atoms with E-state index in [-0.39, 0.29) is 5.91 Å². The van der Waals surface area contributed by atoms with E-state index in [0.717, 1.165) is 11.3 Å². The Kier molecular flexibility index (Phi) is 4.84. The largest absolute Gasteiger partial charge is 0.492 e. The fourth-order valence-corrected chi connectivity index (χ4v) is 2.72. The standard InChI is InChI=1S/C20H20N2O3/c1-4-25-18-12-8-9-15(19(18)24-3)13-17-14(2)21-22(20(17)23)16-10-6-5-7-11-16/h5-13H,4H2,1-3H3. The second kappa shape index (κ2) is 7.21. The van der Waals surface area contributed by atoms with Gasteiger partial charge in [0.1, 0.15) is 0 Å². The van der Waals surface area contributed by atoms with Gasteiger partial charge in [-0.3, -0.25) is 4.79 Å². The number of carbonyl (C=O) groups is 1. The number of nitrogens with zero attached hydrogens (tertiary/aromatic N) is 2. The summed E-state index contributed by atoms with van der Waals surface area (Å²) in [6, 6.07) is 15.0. The highest BCUT2D eigenvalue weighted by Crippen LogP contribution is 2.34. The molecule has 0 aliphatic carbocycles. The van der Waals surface area contributed by atoms with Crippen molar-refractivity contribution < 1.29 is 14.3 Å². The number of hydrogen-bond acceptors (Lipinski definition) is 4. The Balaban J connectivity index is 1.99. The van der Waals surface area contributed by atoms with Crippen molar-refractivity contribution in [3.63, 3.8) is 0 Å². The lowest BCUT2D eigenvalue weighted by Crippen LogP contribution is -2.21. The fourth-order valence-electron chi connectivity index (χ4n) is 2.72. The molecule has 1 amide bonds. The minimum atomic E-state index is -0.160. The summed E-state index contributed by atoms with van der Waals surface area (Å²) in [4.78, 5) is 12.8. The molecular formula is C20H20N2O3. The van der Waals surface area contributed by atoms with Crippen LogP contribution in [0.2, 0.25) is 0 Å². The molecule has 5 nitrogen and oxygen atoms in total. The van der Waals surface area contributed by atoms with E-state index in [0.29, 0.717) is 29.4 Å². The van der Waals surface area contributed by atoms with Crippen LogP contribution >= 0.6 is 0 Å². The third kappa shape index (κ3) is 3.26. The molecule has 0 spiro atoms. The number of anilines is 1. The van der Waals surface area contributed by atoms with Gasteiger partial charge in [0.2, 0.25) is 0 Å². The molecule has 3 rings (SSSR count). The van der Waals surface area contributed by atoms with Crippen molar-refractivity contribution in [1.82, 2.24) is 0 Å². The first kappa shape index (κ1) is 16.8. The Bertz CT molecular complexity index is 841. The van der Waals surface area contributed by atoms with Crippen LogP contribution in [0.25, 0.3) is 6.08 Å². The Hall–Kier alpha value is -3.08. The molecule has 0 saturated heterocycles. The van der Waals surface area contributed by atoms with Crippen molar-refractivity contribution in [2.24, 2.45) is 5.10 Å². The lowest BCUT2D eigenvalue weighted by Gasteiger charge is -2.13. The van der Waals surface area contributed by atoms with E-state index in [9.17, 15) is 4.79 Å². The van der Waals surface area contributed by atoms with Crippen LogP contribution < -0.4 is 14.5 Å². The van der Waals surface area contributed by atoms with E-state index < -0.39 is 0 Å². The first-order chi connectivity index (χ1) is 12.2. The van der Waals surface area contributed by atoms with Crippen LogP contribution in [0.4, 0.5) is 5.69 Å². The molecule has 0 radical (unpaired) electrons. The molecule has 0 N–H and O–H groups in total. The number of hydrazone groups is 1. The van der Waals surface area contributed by atoms with Gasteiger partial charge in [-0.1, -0.05) is 30.3 Å². The van der Waals surface area contributed by atoms with Crippen molar-refractivity contribution in [3.05, 3.63) is 59.7 Å². The second-order valence-corrected chi connectivity index (χ2v) is 5.51.